The van der Waals surface area contributed by atoms with Crippen LogP contribution in [0.2, 0.25) is 5.02 Å². The average molecular weight is 420 g/mol. The summed E-state index contributed by atoms with van der Waals surface area (Å²) >= 11 is 5.99. The largest absolute Gasteiger partial charge is 0.335 e. The molecule has 1 aromatic heterocycles. The van der Waals surface area contributed by atoms with E-state index in [9.17, 15) is 14.4 Å². The van der Waals surface area contributed by atoms with Crippen LogP contribution in [0.5, 0.6) is 0 Å². The number of imide groups is 2. The fourth-order valence-electron chi connectivity index (χ4n) is 3.55. The highest BCUT2D eigenvalue weighted by atomic mass is 35.5. The van der Waals surface area contributed by atoms with Crippen molar-refractivity contribution < 1.29 is 14.4 Å². The highest BCUT2D eigenvalue weighted by molar-refractivity contribution is 6.39. The third-order valence-corrected chi connectivity index (χ3v) is 5.22. The molecule has 7 heteroatoms. The van der Waals surface area contributed by atoms with Crippen LogP contribution in [0, 0.1) is 13.8 Å². The van der Waals surface area contributed by atoms with Gasteiger partial charge in [0.1, 0.15) is 5.57 Å². The van der Waals surface area contributed by atoms with Crippen LogP contribution >= 0.6 is 11.6 Å². The summed E-state index contributed by atoms with van der Waals surface area (Å²) in [5.74, 6) is -1.38. The minimum atomic E-state index is -0.764. The average Bonchev–Trinajstić information content (AvgIpc) is 3.00. The number of urea groups is 1. The normalized spacial score (nSPS) is 15.6. The fraction of sp³-hybridized carbons (Fsp3) is 0.0870. The maximum absolute atomic E-state index is 13.0. The summed E-state index contributed by atoms with van der Waals surface area (Å²) in [7, 11) is 0. The van der Waals surface area contributed by atoms with E-state index in [2.05, 4.69) is 5.32 Å². The molecule has 1 fully saturated rings. The van der Waals surface area contributed by atoms with Gasteiger partial charge >= 0.3 is 6.03 Å². The lowest BCUT2D eigenvalue weighted by Gasteiger charge is -2.26. The number of halogens is 1. The first-order valence-corrected chi connectivity index (χ1v) is 9.66. The number of nitrogens with zero attached hydrogens (tertiary/aromatic N) is 2. The maximum atomic E-state index is 13.0. The van der Waals surface area contributed by atoms with Gasteiger partial charge in [0.15, 0.2) is 0 Å². The van der Waals surface area contributed by atoms with Gasteiger partial charge in [0.2, 0.25) is 0 Å². The Hall–Kier alpha value is -3.64. The van der Waals surface area contributed by atoms with Crippen LogP contribution in [0.1, 0.15) is 17.0 Å². The van der Waals surface area contributed by atoms with Crippen molar-refractivity contribution in [2.45, 2.75) is 13.8 Å². The quantitative estimate of drug-likeness (QED) is 0.504. The smallest absolute Gasteiger partial charge is 0.318 e. The van der Waals surface area contributed by atoms with Crippen molar-refractivity contribution in [2.75, 3.05) is 4.90 Å². The van der Waals surface area contributed by atoms with E-state index in [1.807, 2.05) is 36.6 Å². The van der Waals surface area contributed by atoms with Gasteiger partial charge in [-0.1, -0.05) is 29.8 Å². The molecule has 6 nitrogen and oxygen atoms in total. The number of hydrogen-bond acceptors (Lipinski definition) is 3. The Morgan fingerprint density at radius 3 is 2.23 bits per heavy atom. The van der Waals surface area contributed by atoms with Gasteiger partial charge in [-0.15, -0.1) is 0 Å². The summed E-state index contributed by atoms with van der Waals surface area (Å²) in [4.78, 5) is 38.7. The Bertz CT molecular complexity index is 1190. The molecular formula is C23H18ClN3O3. The molecule has 150 valence electrons. The van der Waals surface area contributed by atoms with Crippen molar-refractivity contribution in [2.24, 2.45) is 0 Å². The van der Waals surface area contributed by atoms with E-state index in [4.69, 9.17) is 11.6 Å². The molecule has 1 aliphatic heterocycles. The molecule has 1 saturated heterocycles. The van der Waals surface area contributed by atoms with Gasteiger partial charge in [-0.3, -0.25) is 14.9 Å². The lowest BCUT2D eigenvalue weighted by atomic mass is 10.1. The molecule has 2 aromatic carbocycles. The van der Waals surface area contributed by atoms with Gasteiger partial charge < -0.3 is 4.57 Å². The van der Waals surface area contributed by atoms with Crippen LogP contribution in [0.15, 0.2) is 66.2 Å². The second kappa shape index (κ2) is 7.65. The molecule has 0 spiro atoms. The molecule has 4 amide bonds. The van der Waals surface area contributed by atoms with Crippen LogP contribution in [0.25, 0.3) is 11.8 Å². The molecule has 0 saturated carbocycles. The second-order valence-electron chi connectivity index (χ2n) is 6.93. The first-order chi connectivity index (χ1) is 14.4. The number of para-hydroxylation sites is 1. The van der Waals surface area contributed by atoms with E-state index in [1.165, 1.54) is 6.08 Å². The molecule has 2 heterocycles. The topological polar surface area (TPSA) is 71.4 Å². The number of aryl methyl sites for hydroxylation is 1. The maximum Gasteiger partial charge on any atom is 0.335 e. The predicted molar refractivity (Wildman–Crippen MR) is 116 cm³/mol. The second-order valence-corrected chi connectivity index (χ2v) is 7.37. The molecule has 30 heavy (non-hydrogen) atoms. The Morgan fingerprint density at radius 2 is 1.57 bits per heavy atom. The van der Waals surface area contributed by atoms with Crippen LogP contribution in [0.3, 0.4) is 0 Å². The molecular weight excluding hydrogens is 402 g/mol. The number of anilines is 1. The highest BCUT2D eigenvalue weighted by Crippen LogP contribution is 2.26. The minimum Gasteiger partial charge on any atom is -0.318 e. The standard InChI is InChI=1S/C23H18ClN3O3/c1-14-12-16(15(2)26(14)19-10-8-17(24)9-11-19)13-20-21(28)25-23(30)27(22(20)29)18-6-4-3-5-7-18/h3-13H,1-2H3,(H,25,28,30)/b20-13-. The van der Waals surface area contributed by atoms with Gasteiger partial charge in [0, 0.05) is 22.1 Å². The number of barbiturate groups is 1. The molecule has 0 bridgehead atoms. The number of nitrogens with one attached hydrogen (secondary N) is 1. The Labute approximate surface area is 178 Å². The summed E-state index contributed by atoms with van der Waals surface area (Å²) in [6, 6.07) is 17.0. The van der Waals surface area contributed by atoms with Crippen molar-refractivity contribution in [1.82, 2.24) is 9.88 Å². The van der Waals surface area contributed by atoms with E-state index < -0.39 is 17.8 Å². The Morgan fingerprint density at radius 1 is 0.900 bits per heavy atom. The lowest BCUT2D eigenvalue weighted by Crippen LogP contribution is -2.54. The van der Waals surface area contributed by atoms with Crippen molar-refractivity contribution in [3.63, 3.8) is 0 Å². The first kappa shape index (κ1) is 19.7. The predicted octanol–water partition coefficient (Wildman–Crippen LogP) is 4.41. The van der Waals surface area contributed by atoms with Crippen molar-refractivity contribution in [1.29, 1.82) is 0 Å². The molecule has 0 radical (unpaired) electrons. The van der Waals surface area contributed by atoms with Crippen molar-refractivity contribution in [3.05, 3.63) is 88.2 Å². The van der Waals surface area contributed by atoms with Crippen LogP contribution in [-0.4, -0.2) is 22.4 Å². The minimum absolute atomic E-state index is 0.102. The summed E-state index contributed by atoms with van der Waals surface area (Å²) in [6.07, 6.45) is 1.52. The molecule has 3 aromatic rings. The molecule has 0 aliphatic carbocycles. The molecule has 4 rings (SSSR count). The van der Waals surface area contributed by atoms with E-state index in [-0.39, 0.29) is 5.57 Å². The third kappa shape index (κ3) is 3.42. The summed E-state index contributed by atoms with van der Waals surface area (Å²) < 4.78 is 2.01. The van der Waals surface area contributed by atoms with Gasteiger partial charge in [-0.2, -0.15) is 0 Å². The van der Waals surface area contributed by atoms with Crippen LogP contribution in [0.4, 0.5) is 10.5 Å². The molecule has 0 unspecified atom stereocenters. The zero-order chi connectivity index (χ0) is 21.4. The van der Waals surface area contributed by atoms with E-state index in [0.29, 0.717) is 16.3 Å². The van der Waals surface area contributed by atoms with Crippen molar-refractivity contribution in [3.8, 4) is 5.69 Å². The number of hydrogen-bond donors (Lipinski definition) is 1. The number of carbonyl (C=O) groups excluding carboxylic acids is 3. The van der Waals surface area contributed by atoms with Crippen molar-refractivity contribution >= 4 is 41.2 Å². The van der Waals surface area contributed by atoms with Crippen LogP contribution < -0.4 is 10.2 Å². The summed E-state index contributed by atoms with van der Waals surface area (Å²) in [6.45, 7) is 3.84. The SMILES string of the molecule is Cc1cc(/C=C2/C(=O)NC(=O)N(c3ccccc3)C2=O)c(C)n1-c1ccc(Cl)cc1. The van der Waals surface area contributed by atoms with Gasteiger partial charge in [-0.25, -0.2) is 9.69 Å². The third-order valence-electron chi connectivity index (χ3n) is 4.97. The van der Waals surface area contributed by atoms with E-state index in [1.54, 1.807) is 42.5 Å². The van der Waals surface area contributed by atoms with Crippen LogP contribution in [-0.2, 0) is 9.59 Å². The number of rotatable bonds is 3. The Balaban J connectivity index is 1.76. The summed E-state index contributed by atoms with van der Waals surface area (Å²) in [5.41, 5.74) is 3.70. The monoisotopic (exact) mass is 419 g/mol. The van der Waals surface area contributed by atoms with E-state index >= 15 is 0 Å². The zero-order valence-corrected chi connectivity index (χ0v) is 17.1. The number of carbonyl (C=O) groups is 3. The molecule has 1 N–H and O–H groups in total. The van der Waals surface area contributed by atoms with E-state index in [0.717, 1.165) is 22.0 Å². The first-order valence-electron chi connectivity index (χ1n) is 9.28. The lowest BCUT2D eigenvalue weighted by molar-refractivity contribution is -0.122. The summed E-state index contributed by atoms with van der Waals surface area (Å²) in [5, 5.41) is 2.88. The highest BCUT2D eigenvalue weighted by Gasteiger charge is 2.36. The molecule has 0 atom stereocenters. The zero-order valence-electron chi connectivity index (χ0n) is 16.3. The van der Waals surface area contributed by atoms with Gasteiger partial charge in [0.05, 0.1) is 5.69 Å². The fourth-order valence-corrected chi connectivity index (χ4v) is 3.67. The number of benzene rings is 2. The van der Waals surface area contributed by atoms with Gasteiger partial charge in [-0.05, 0) is 68.0 Å². The number of aromatic nitrogens is 1. The molecule has 1 aliphatic rings. The Kier molecular flexibility index (Phi) is 5.01. The number of amides is 4. The van der Waals surface area contributed by atoms with Gasteiger partial charge in [0.25, 0.3) is 11.8 Å².